The van der Waals surface area contributed by atoms with E-state index in [4.69, 9.17) is 11.6 Å². The summed E-state index contributed by atoms with van der Waals surface area (Å²) in [4.78, 5) is 2.48. The summed E-state index contributed by atoms with van der Waals surface area (Å²) in [7, 11) is 0. The second-order valence-corrected chi connectivity index (χ2v) is 7.51. The van der Waals surface area contributed by atoms with Crippen LogP contribution in [0.15, 0.2) is 54.6 Å². The molecule has 27 heavy (non-hydrogen) atoms. The summed E-state index contributed by atoms with van der Waals surface area (Å²) in [5.74, 6) is 0. The van der Waals surface area contributed by atoms with Gasteiger partial charge in [0.05, 0.1) is 11.7 Å². The summed E-state index contributed by atoms with van der Waals surface area (Å²) in [5.41, 5.74) is 4.60. The number of benzene rings is 2. The Labute approximate surface area is 169 Å². The van der Waals surface area contributed by atoms with Gasteiger partial charge in [0.25, 0.3) is 0 Å². The average Bonchev–Trinajstić information content (AvgIpc) is 3.27. The van der Waals surface area contributed by atoms with Crippen LogP contribution in [0, 0.1) is 0 Å². The molecule has 2 aliphatic rings. The lowest BCUT2D eigenvalue weighted by Gasteiger charge is -2.27. The summed E-state index contributed by atoms with van der Waals surface area (Å²) in [5, 5.41) is 13.5. The van der Waals surface area contributed by atoms with Gasteiger partial charge in [0.15, 0.2) is 0 Å². The van der Waals surface area contributed by atoms with Gasteiger partial charge in [-0.25, -0.2) is 4.68 Å². The van der Waals surface area contributed by atoms with Crippen molar-refractivity contribution >= 4 is 24.0 Å². The van der Waals surface area contributed by atoms with E-state index in [0.29, 0.717) is 12.1 Å². The van der Waals surface area contributed by atoms with Crippen molar-refractivity contribution in [3.05, 3.63) is 70.9 Å². The minimum absolute atomic E-state index is 0. The predicted octanol–water partition coefficient (Wildman–Crippen LogP) is 3.55. The number of hydrogen-bond acceptors (Lipinski definition) is 4. The van der Waals surface area contributed by atoms with Gasteiger partial charge < -0.3 is 5.32 Å². The minimum atomic E-state index is 0. The standard InChI is InChI=1S/C20H20ClN5.ClH/c21-16-8-6-14(7-9-16)11-25-12-17-19(13-25)26-18(10-22-17)20(23-24-26)15-4-2-1-3-5-15;/h1-9,17,19,22H,10-13H2;1H/t17-,19-;/m1./s1. The zero-order valence-electron chi connectivity index (χ0n) is 14.8. The van der Waals surface area contributed by atoms with Crippen molar-refractivity contribution < 1.29 is 0 Å². The van der Waals surface area contributed by atoms with E-state index in [1.165, 1.54) is 11.3 Å². The number of fused-ring (bicyclic) bond motifs is 3. The van der Waals surface area contributed by atoms with Crippen LogP contribution < -0.4 is 5.32 Å². The molecule has 0 bridgehead atoms. The molecule has 2 aliphatic heterocycles. The molecule has 3 heterocycles. The summed E-state index contributed by atoms with van der Waals surface area (Å²) in [6.07, 6.45) is 0. The van der Waals surface area contributed by atoms with Crippen molar-refractivity contribution in [1.29, 1.82) is 0 Å². The van der Waals surface area contributed by atoms with Crippen LogP contribution in [0.4, 0.5) is 0 Å². The van der Waals surface area contributed by atoms with E-state index < -0.39 is 0 Å². The Morgan fingerprint density at radius 3 is 2.59 bits per heavy atom. The van der Waals surface area contributed by atoms with Crippen LogP contribution in [-0.2, 0) is 13.1 Å². The maximum atomic E-state index is 5.99. The fourth-order valence-corrected chi connectivity index (χ4v) is 4.21. The van der Waals surface area contributed by atoms with Crippen molar-refractivity contribution in [3.63, 3.8) is 0 Å². The van der Waals surface area contributed by atoms with Gasteiger partial charge in [-0.15, -0.1) is 17.5 Å². The highest BCUT2D eigenvalue weighted by Crippen LogP contribution is 2.32. The van der Waals surface area contributed by atoms with Crippen LogP contribution in [0.2, 0.25) is 5.02 Å². The van der Waals surface area contributed by atoms with Gasteiger partial charge in [-0.1, -0.05) is 59.3 Å². The monoisotopic (exact) mass is 401 g/mol. The zero-order valence-corrected chi connectivity index (χ0v) is 16.3. The van der Waals surface area contributed by atoms with Crippen LogP contribution in [0.3, 0.4) is 0 Å². The lowest BCUT2D eigenvalue weighted by Crippen LogP contribution is -2.42. The van der Waals surface area contributed by atoms with Crippen molar-refractivity contribution in [2.75, 3.05) is 13.1 Å². The third-order valence-corrected chi connectivity index (χ3v) is 5.62. The average molecular weight is 402 g/mol. The molecule has 0 aliphatic carbocycles. The van der Waals surface area contributed by atoms with Crippen LogP contribution in [0.25, 0.3) is 11.3 Å². The molecular formula is C20H21Cl2N5. The van der Waals surface area contributed by atoms with Gasteiger partial charge in [-0.3, -0.25) is 4.90 Å². The first-order valence-corrected chi connectivity index (χ1v) is 9.35. The summed E-state index contributed by atoms with van der Waals surface area (Å²) >= 11 is 5.99. The third kappa shape index (κ3) is 3.48. The van der Waals surface area contributed by atoms with E-state index in [2.05, 4.69) is 49.5 Å². The number of nitrogens with zero attached hydrogens (tertiary/aromatic N) is 4. The van der Waals surface area contributed by atoms with Crippen LogP contribution in [-0.4, -0.2) is 39.0 Å². The Morgan fingerprint density at radius 2 is 1.81 bits per heavy atom. The number of hydrogen-bond donors (Lipinski definition) is 1. The second kappa shape index (κ2) is 7.60. The zero-order chi connectivity index (χ0) is 17.5. The molecule has 1 N–H and O–H groups in total. The van der Waals surface area contributed by atoms with E-state index in [-0.39, 0.29) is 12.4 Å². The number of aromatic nitrogens is 3. The number of rotatable bonds is 3. The highest BCUT2D eigenvalue weighted by Gasteiger charge is 2.39. The molecule has 140 valence electrons. The topological polar surface area (TPSA) is 46.0 Å². The van der Waals surface area contributed by atoms with Crippen molar-refractivity contribution in [3.8, 4) is 11.3 Å². The minimum Gasteiger partial charge on any atom is -0.305 e. The molecule has 1 saturated heterocycles. The predicted molar refractivity (Wildman–Crippen MR) is 109 cm³/mol. The van der Waals surface area contributed by atoms with Crippen LogP contribution in [0.5, 0.6) is 0 Å². The van der Waals surface area contributed by atoms with Crippen molar-refractivity contribution in [2.45, 2.75) is 25.2 Å². The van der Waals surface area contributed by atoms with Gasteiger partial charge in [-0.05, 0) is 17.7 Å². The lowest BCUT2D eigenvalue weighted by atomic mass is 10.1. The fourth-order valence-electron chi connectivity index (χ4n) is 4.08. The first-order valence-electron chi connectivity index (χ1n) is 8.97. The van der Waals surface area contributed by atoms with Gasteiger partial charge in [0.2, 0.25) is 0 Å². The summed E-state index contributed by atoms with van der Waals surface area (Å²) in [6, 6.07) is 19.2. The molecule has 1 aromatic heterocycles. The van der Waals surface area contributed by atoms with Crippen molar-refractivity contribution in [2.24, 2.45) is 0 Å². The van der Waals surface area contributed by atoms with E-state index in [0.717, 1.165) is 42.5 Å². The van der Waals surface area contributed by atoms with Gasteiger partial charge in [-0.2, -0.15) is 0 Å². The molecule has 0 saturated carbocycles. The molecular weight excluding hydrogens is 381 g/mol. The maximum absolute atomic E-state index is 5.99. The Morgan fingerprint density at radius 1 is 1.04 bits per heavy atom. The van der Waals surface area contributed by atoms with Crippen molar-refractivity contribution in [1.82, 2.24) is 25.2 Å². The fraction of sp³-hybridized carbons (Fsp3) is 0.300. The Hall–Kier alpha value is -1.92. The SMILES string of the molecule is Cl.Clc1ccc(CN2C[C@@H]3[C@@H](C2)NCc2c(-c4ccccc4)nnn23)cc1. The second-order valence-electron chi connectivity index (χ2n) is 7.07. The molecule has 7 heteroatoms. The molecule has 1 fully saturated rings. The van der Waals surface area contributed by atoms with Crippen LogP contribution >= 0.6 is 24.0 Å². The first kappa shape index (κ1) is 18.4. The molecule has 5 rings (SSSR count). The Balaban J connectivity index is 0.00000180. The quantitative estimate of drug-likeness (QED) is 0.728. The summed E-state index contributed by atoms with van der Waals surface area (Å²) < 4.78 is 2.14. The Kier molecular flexibility index (Phi) is 5.19. The molecule has 2 atom stereocenters. The maximum Gasteiger partial charge on any atom is 0.117 e. The molecule has 0 radical (unpaired) electrons. The lowest BCUT2D eigenvalue weighted by molar-refractivity contribution is 0.307. The normalized spacial score (nSPS) is 21.4. The highest BCUT2D eigenvalue weighted by atomic mass is 35.5. The molecule has 2 aromatic carbocycles. The molecule has 0 spiro atoms. The molecule has 3 aromatic rings. The van der Waals surface area contributed by atoms with E-state index in [1.807, 2.05) is 30.3 Å². The van der Waals surface area contributed by atoms with E-state index in [9.17, 15) is 0 Å². The third-order valence-electron chi connectivity index (χ3n) is 5.37. The largest absolute Gasteiger partial charge is 0.305 e. The van der Waals surface area contributed by atoms with E-state index in [1.54, 1.807) is 0 Å². The number of halogens is 2. The number of nitrogens with one attached hydrogen (secondary N) is 1. The van der Waals surface area contributed by atoms with E-state index >= 15 is 0 Å². The number of likely N-dealkylation sites (tertiary alicyclic amines) is 1. The molecule has 5 nitrogen and oxygen atoms in total. The molecule has 0 unspecified atom stereocenters. The highest BCUT2D eigenvalue weighted by molar-refractivity contribution is 6.30. The first-order chi connectivity index (χ1) is 12.8. The molecule has 0 amide bonds. The smallest absolute Gasteiger partial charge is 0.117 e. The van der Waals surface area contributed by atoms with Crippen LogP contribution in [0.1, 0.15) is 17.3 Å². The van der Waals surface area contributed by atoms with Gasteiger partial charge in [0, 0.05) is 42.8 Å². The van der Waals surface area contributed by atoms with Gasteiger partial charge >= 0.3 is 0 Å². The van der Waals surface area contributed by atoms with Gasteiger partial charge in [0.1, 0.15) is 5.69 Å². The Bertz CT molecular complexity index is 910. The summed E-state index contributed by atoms with van der Waals surface area (Å²) in [6.45, 7) is 3.74.